The Morgan fingerprint density at radius 1 is 1.44 bits per heavy atom. The van der Waals surface area contributed by atoms with Gasteiger partial charge in [0, 0.05) is 13.2 Å². The third-order valence-corrected chi connectivity index (χ3v) is 3.12. The highest BCUT2D eigenvalue weighted by atomic mass is 16.5. The summed E-state index contributed by atoms with van der Waals surface area (Å²) in [4.78, 5) is 11.5. The maximum atomic E-state index is 11.5. The lowest BCUT2D eigenvalue weighted by atomic mass is 10.0. The van der Waals surface area contributed by atoms with Crippen LogP contribution in [0.25, 0.3) is 0 Å². The van der Waals surface area contributed by atoms with E-state index >= 15 is 0 Å². The molecular formula is C14H19NO3. The van der Waals surface area contributed by atoms with E-state index in [0.717, 1.165) is 25.0 Å². The summed E-state index contributed by atoms with van der Waals surface area (Å²) in [6, 6.07) is 9.62. The second kappa shape index (κ2) is 5.87. The summed E-state index contributed by atoms with van der Waals surface area (Å²) in [6.07, 6.45) is 1.64. The lowest BCUT2D eigenvalue weighted by molar-refractivity contribution is 0.0197. The molecule has 1 amide bonds. The summed E-state index contributed by atoms with van der Waals surface area (Å²) < 4.78 is 10.7. The van der Waals surface area contributed by atoms with Gasteiger partial charge in [0.1, 0.15) is 6.61 Å². The summed E-state index contributed by atoms with van der Waals surface area (Å²) in [5, 5.41) is 2.75. The molecule has 98 valence electrons. The van der Waals surface area contributed by atoms with E-state index in [1.807, 2.05) is 37.3 Å². The van der Waals surface area contributed by atoms with Crippen molar-refractivity contribution >= 4 is 6.09 Å². The van der Waals surface area contributed by atoms with Crippen LogP contribution in [0, 0.1) is 0 Å². The highest BCUT2D eigenvalue weighted by molar-refractivity contribution is 5.67. The molecule has 1 atom stereocenters. The summed E-state index contributed by atoms with van der Waals surface area (Å²) in [5.74, 6) is 0. The summed E-state index contributed by atoms with van der Waals surface area (Å²) in [6.45, 7) is 3.58. The van der Waals surface area contributed by atoms with Gasteiger partial charge in [0.05, 0.1) is 5.60 Å². The van der Waals surface area contributed by atoms with E-state index in [9.17, 15) is 4.79 Å². The van der Waals surface area contributed by atoms with Crippen LogP contribution in [0.2, 0.25) is 0 Å². The molecule has 0 bridgehead atoms. The zero-order valence-corrected chi connectivity index (χ0v) is 10.6. The Hall–Kier alpha value is -1.55. The Morgan fingerprint density at radius 2 is 2.22 bits per heavy atom. The Bertz CT molecular complexity index is 385. The van der Waals surface area contributed by atoms with Crippen LogP contribution in [0.3, 0.4) is 0 Å². The second-order valence-corrected chi connectivity index (χ2v) is 4.82. The standard InChI is InChI=1S/C14H19NO3/c1-14(8-5-9-18-14)11-15-13(16)17-10-12-6-3-2-4-7-12/h2-4,6-7H,5,8-11H2,1H3,(H,15,16). The predicted molar refractivity (Wildman–Crippen MR) is 68.2 cm³/mol. The van der Waals surface area contributed by atoms with Gasteiger partial charge in [-0.1, -0.05) is 30.3 Å². The van der Waals surface area contributed by atoms with Crippen molar-refractivity contribution in [1.29, 1.82) is 0 Å². The second-order valence-electron chi connectivity index (χ2n) is 4.82. The SMILES string of the molecule is CC1(CNC(=O)OCc2ccccc2)CCCO1. The molecule has 0 spiro atoms. The van der Waals surface area contributed by atoms with Gasteiger partial charge >= 0.3 is 6.09 Å². The molecule has 1 aromatic rings. The number of hydrogen-bond donors (Lipinski definition) is 1. The van der Waals surface area contributed by atoms with Crippen molar-refractivity contribution in [2.45, 2.75) is 32.0 Å². The molecule has 1 aliphatic rings. The average Bonchev–Trinajstić information content (AvgIpc) is 2.83. The maximum absolute atomic E-state index is 11.5. The van der Waals surface area contributed by atoms with Crippen molar-refractivity contribution in [3.05, 3.63) is 35.9 Å². The van der Waals surface area contributed by atoms with E-state index in [1.54, 1.807) is 0 Å². The lowest BCUT2D eigenvalue weighted by Crippen LogP contribution is -2.40. The summed E-state index contributed by atoms with van der Waals surface area (Å²) in [5.41, 5.74) is 0.752. The van der Waals surface area contributed by atoms with Gasteiger partial charge in [-0.05, 0) is 25.3 Å². The molecule has 1 N–H and O–H groups in total. The minimum Gasteiger partial charge on any atom is -0.445 e. The van der Waals surface area contributed by atoms with E-state index in [2.05, 4.69) is 5.32 Å². The topological polar surface area (TPSA) is 47.6 Å². The van der Waals surface area contributed by atoms with Gasteiger partial charge in [0.2, 0.25) is 0 Å². The quantitative estimate of drug-likeness (QED) is 0.891. The fraction of sp³-hybridized carbons (Fsp3) is 0.500. The minimum absolute atomic E-state index is 0.230. The van der Waals surface area contributed by atoms with Gasteiger partial charge in [0.15, 0.2) is 0 Å². The number of carbonyl (C=O) groups is 1. The number of hydrogen-bond acceptors (Lipinski definition) is 3. The highest BCUT2D eigenvalue weighted by Crippen LogP contribution is 2.23. The number of alkyl carbamates (subject to hydrolysis) is 1. The number of benzene rings is 1. The van der Waals surface area contributed by atoms with Crippen LogP contribution in [0.4, 0.5) is 4.79 Å². The molecule has 1 saturated heterocycles. The van der Waals surface area contributed by atoms with Crippen molar-refractivity contribution in [3.8, 4) is 0 Å². The van der Waals surface area contributed by atoms with Crippen LogP contribution >= 0.6 is 0 Å². The Labute approximate surface area is 107 Å². The van der Waals surface area contributed by atoms with Gasteiger partial charge in [-0.15, -0.1) is 0 Å². The van der Waals surface area contributed by atoms with Crippen LogP contribution in [-0.4, -0.2) is 24.8 Å². The molecule has 1 unspecified atom stereocenters. The van der Waals surface area contributed by atoms with Crippen LogP contribution < -0.4 is 5.32 Å². The van der Waals surface area contributed by atoms with E-state index in [4.69, 9.17) is 9.47 Å². The fourth-order valence-electron chi connectivity index (χ4n) is 2.01. The van der Waals surface area contributed by atoms with Crippen molar-refractivity contribution in [1.82, 2.24) is 5.32 Å². The van der Waals surface area contributed by atoms with Gasteiger partial charge in [-0.25, -0.2) is 4.79 Å². The molecule has 1 heterocycles. The molecule has 0 saturated carbocycles. The number of nitrogens with one attached hydrogen (secondary N) is 1. The molecule has 1 fully saturated rings. The zero-order valence-electron chi connectivity index (χ0n) is 10.6. The number of carbonyl (C=O) groups excluding carboxylic acids is 1. The molecule has 18 heavy (non-hydrogen) atoms. The summed E-state index contributed by atoms with van der Waals surface area (Å²) in [7, 11) is 0. The van der Waals surface area contributed by atoms with Crippen LogP contribution in [0.1, 0.15) is 25.3 Å². The third kappa shape index (κ3) is 3.74. The van der Waals surface area contributed by atoms with Crippen molar-refractivity contribution in [3.63, 3.8) is 0 Å². The van der Waals surface area contributed by atoms with Crippen molar-refractivity contribution < 1.29 is 14.3 Å². The Balaban J connectivity index is 1.69. The van der Waals surface area contributed by atoms with E-state index in [-0.39, 0.29) is 5.60 Å². The van der Waals surface area contributed by atoms with Crippen molar-refractivity contribution in [2.75, 3.05) is 13.2 Å². The third-order valence-electron chi connectivity index (χ3n) is 3.12. The minimum atomic E-state index is -0.393. The predicted octanol–water partition coefficient (Wildman–Crippen LogP) is 2.48. The molecule has 1 aromatic carbocycles. The molecule has 4 nitrogen and oxygen atoms in total. The Morgan fingerprint density at radius 3 is 2.89 bits per heavy atom. The summed E-state index contributed by atoms with van der Waals surface area (Å²) >= 11 is 0. The van der Waals surface area contributed by atoms with Gasteiger partial charge in [-0.3, -0.25) is 0 Å². The van der Waals surface area contributed by atoms with Crippen LogP contribution in [-0.2, 0) is 16.1 Å². The van der Waals surface area contributed by atoms with Crippen LogP contribution in [0.15, 0.2) is 30.3 Å². The fourth-order valence-corrected chi connectivity index (χ4v) is 2.01. The molecule has 2 rings (SSSR count). The Kier molecular flexibility index (Phi) is 4.20. The molecule has 0 radical (unpaired) electrons. The van der Waals surface area contributed by atoms with Crippen LogP contribution in [0.5, 0.6) is 0 Å². The molecule has 0 aromatic heterocycles. The van der Waals surface area contributed by atoms with Gasteiger partial charge < -0.3 is 14.8 Å². The number of ether oxygens (including phenoxy) is 2. The zero-order chi connectivity index (χ0) is 12.8. The first-order valence-corrected chi connectivity index (χ1v) is 6.26. The molecule has 1 aliphatic heterocycles. The highest BCUT2D eigenvalue weighted by Gasteiger charge is 2.30. The smallest absolute Gasteiger partial charge is 0.407 e. The maximum Gasteiger partial charge on any atom is 0.407 e. The normalized spacial score (nSPS) is 22.7. The van der Waals surface area contributed by atoms with Crippen molar-refractivity contribution in [2.24, 2.45) is 0 Å². The number of amides is 1. The van der Waals surface area contributed by atoms with E-state index in [1.165, 1.54) is 0 Å². The molecule has 4 heteroatoms. The number of rotatable bonds is 4. The van der Waals surface area contributed by atoms with E-state index < -0.39 is 6.09 Å². The van der Waals surface area contributed by atoms with Gasteiger partial charge in [-0.2, -0.15) is 0 Å². The molecular weight excluding hydrogens is 230 g/mol. The first kappa shape index (κ1) is 12.9. The largest absolute Gasteiger partial charge is 0.445 e. The average molecular weight is 249 g/mol. The first-order valence-electron chi connectivity index (χ1n) is 6.26. The molecule has 0 aliphatic carbocycles. The van der Waals surface area contributed by atoms with E-state index in [0.29, 0.717) is 13.2 Å². The lowest BCUT2D eigenvalue weighted by Gasteiger charge is -2.23. The van der Waals surface area contributed by atoms with Gasteiger partial charge in [0.25, 0.3) is 0 Å². The monoisotopic (exact) mass is 249 g/mol. The first-order chi connectivity index (χ1) is 8.68.